The molecule has 1 aromatic carbocycles. The number of amides is 6. The van der Waals surface area contributed by atoms with E-state index < -0.39 is 59.7 Å². The summed E-state index contributed by atoms with van der Waals surface area (Å²) in [4.78, 5) is 76.7. The molecule has 0 spiro atoms. The molecular formula is C27H39N5O9S. The van der Waals surface area contributed by atoms with Gasteiger partial charge in [-0.2, -0.15) is 0 Å². The monoisotopic (exact) mass is 609 g/mol. The molecule has 0 aromatic heterocycles. The number of anilines is 1. The summed E-state index contributed by atoms with van der Waals surface area (Å²) in [5.74, 6) is -2.34. The molecule has 6 amide bonds. The summed E-state index contributed by atoms with van der Waals surface area (Å²) < 4.78 is 16.8. The molecule has 232 valence electrons. The molecule has 0 radical (unpaired) electrons. The van der Waals surface area contributed by atoms with Crippen molar-refractivity contribution in [3.05, 3.63) is 42.0 Å². The Balaban J connectivity index is 0.00000281. The lowest BCUT2D eigenvalue weighted by atomic mass is 10.2. The van der Waals surface area contributed by atoms with Crippen LogP contribution >= 0.6 is 0 Å². The SMILES string of the molecule is CC(C)CN(CCS(C)=O)C(=O)OCc1ccc(NC(=O)CNC(=O)CNC(=O)ON2C(=O)C=CC2=O)cc1.CCC. The largest absolute Gasteiger partial charge is 0.445 e. The van der Waals surface area contributed by atoms with E-state index >= 15 is 0 Å². The molecule has 42 heavy (non-hydrogen) atoms. The number of nitrogens with one attached hydrogen (secondary N) is 3. The van der Waals surface area contributed by atoms with Gasteiger partial charge in [-0.1, -0.05) is 51.3 Å². The highest BCUT2D eigenvalue weighted by atomic mass is 32.2. The Bertz CT molecular complexity index is 1140. The lowest BCUT2D eigenvalue weighted by Gasteiger charge is -2.23. The summed E-state index contributed by atoms with van der Waals surface area (Å²) in [6.45, 7) is 8.06. The van der Waals surface area contributed by atoms with Crippen LogP contribution in [0.25, 0.3) is 0 Å². The maximum absolute atomic E-state index is 12.4. The Labute approximate surface area is 247 Å². The van der Waals surface area contributed by atoms with Gasteiger partial charge in [0.2, 0.25) is 11.8 Å². The van der Waals surface area contributed by atoms with E-state index in [0.717, 1.165) is 12.2 Å². The predicted molar refractivity (Wildman–Crippen MR) is 155 cm³/mol. The number of ether oxygens (including phenoxy) is 1. The van der Waals surface area contributed by atoms with Crippen molar-refractivity contribution in [2.75, 3.05) is 43.5 Å². The second-order valence-electron chi connectivity index (χ2n) is 9.44. The first kappa shape index (κ1) is 35.8. The molecule has 1 aromatic rings. The summed E-state index contributed by atoms with van der Waals surface area (Å²) >= 11 is 0. The summed E-state index contributed by atoms with van der Waals surface area (Å²) in [6, 6.07) is 6.53. The number of hydrogen-bond donors (Lipinski definition) is 3. The van der Waals surface area contributed by atoms with Crippen LogP contribution in [0.4, 0.5) is 15.3 Å². The summed E-state index contributed by atoms with van der Waals surface area (Å²) in [5, 5.41) is 7.15. The quantitative estimate of drug-likeness (QED) is 0.281. The van der Waals surface area contributed by atoms with Crippen molar-refractivity contribution in [3.63, 3.8) is 0 Å². The molecule has 15 heteroatoms. The first-order valence-corrected chi connectivity index (χ1v) is 15.0. The average molecular weight is 610 g/mol. The highest BCUT2D eigenvalue weighted by Crippen LogP contribution is 2.12. The van der Waals surface area contributed by atoms with Gasteiger partial charge in [-0.15, -0.1) is 0 Å². The minimum Gasteiger partial charge on any atom is -0.445 e. The van der Waals surface area contributed by atoms with Crippen molar-refractivity contribution in [2.24, 2.45) is 5.92 Å². The molecule has 1 heterocycles. The Hall–Kier alpha value is -4.27. The molecule has 0 aliphatic carbocycles. The first-order chi connectivity index (χ1) is 19.9. The Morgan fingerprint density at radius 2 is 1.52 bits per heavy atom. The molecule has 0 bridgehead atoms. The summed E-state index contributed by atoms with van der Waals surface area (Å²) in [6.07, 6.45) is 2.97. The fourth-order valence-electron chi connectivity index (χ4n) is 3.05. The molecule has 0 saturated heterocycles. The zero-order valence-corrected chi connectivity index (χ0v) is 25.3. The van der Waals surface area contributed by atoms with Crippen LogP contribution in [0.3, 0.4) is 0 Å². The van der Waals surface area contributed by atoms with E-state index in [-0.39, 0.29) is 17.6 Å². The average Bonchev–Trinajstić information content (AvgIpc) is 3.24. The third kappa shape index (κ3) is 14.4. The summed E-state index contributed by atoms with van der Waals surface area (Å²) in [7, 11) is -1.03. The molecule has 0 saturated carbocycles. The van der Waals surface area contributed by atoms with Gasteiger partial charge in [0.15, 0.2) is 0 Å². The zero-order chi connectivity index (χ0) is 31.7. The van der Waals surface area contributed by atoms with E-state index in [1.54, 1.807) is 30.5 Å². The standard InChI is InChI=1S/C24H31N5O9S.C3H8/c1-16(2)14-28(10-11-39(3)36)24(35)37-15-17-4-6-18(7-5-17)27-20(31)13-25-19(30)12-26-23(34)38-29-21(32)8-9-22(29)33;1-3-2/h4-9,16H,10-15H2,1-3H3,(H,25,30)(H,26,34)(H,27,31);3H2,1-2H3. The van der Waals surface area contributed by atoms with Crippen LogP contribution < -0.4 is 16.0 Å². The van der Waals surface area contributed by atoms with E-state index in [2.05, 4.69) is 29.3 Å². The molecule has 1 aliphatic rings. The predicted octanol–water partition coefficient (Wildman–Crippen LogP) is 1.70. The van der Waals surface area contributed by atoms with E-state index in [0.29, 0.717) is 30.1 Å². The van der Waals surface area contributed by atoms with Gasteiger partial charge in [0, 0.05) is 53.7 Å². The number of rotatable bonds is 13. The van der Waals surface area contributed by atoms with Crippen LogP contribution in [0.2, 0.25) is 0 Å². The van der Waals surface area contributed by atoms with Gasteiger partial charge in [0.25, 0.3) is 11.8 Å². The van der Waals surface area contributed by atoms with Crippen molar-refractivity contribution in [1.29, 1.82) is 0 Å². The molecular weight excluding hydrogens is 570 g/mol. The minimum atomic E-state index is -1.20. The third-order valence-electron chi connectivity index (χ3n) is 4.87. The van der Waals surface area contributed by atoms with Crippen molar-refractivity contribution < 1.29 is 42.6 Å². The van der Waals surface area contributed by atoms with E-state index in [9.17, 15) is 33.0 Å². The van der Waals surface area contributed by atoms with Gasteiger partial charge in [-0.25, -0.2) is 9.59 Å². The van der Waals surface area contributed by atoms with E-state index in [1.165, 1.54) is 11.3 Å². The van der Waals surface area contributed by atoms with Gasteiger partial charge in [0.1, 0.15) is 13.2 Å². The second-order valence-corrected chi connectivity index (χ2v) is 11.0. The Morgan fingerprint density at radius 1 is 0.952 bits per heavy atom. The topological polar surface area (TPSA) is 181 Å². The van der Waals surface area contributed by atoms with Crippen LogP contribution in [0.5, 0.6) is 0 Å². The number of hydroxylamine groups is 2. The molecule has 2 rings (SSSR count). The van der Waals surface area contributed by atoms with E-state index in [4.69, 9.17) is 4.74 Å². The normalized spacial score (nSPS) is 12.7. The van der Waals surface area contributed by atoms with Crippen molar-refractivity contribution in [1.82, 2.24) is 20.6 Å². The first-order valence-electron chi connectivity index (χ1n) is 13.2. The maximum atomic E-state index is 12.4. The lowest BCUT2D eigenvalue weighted by Crippen LogP contribution is -2.43. The fourth-order valence-corrected chi connectivity index (χ4v) is 3.53. The smallest absolute Gasteiger partial charge is 0.432 e. The van der Waals surface area contributed by atoms with Crippen LogP contribution in [0.15, 0.2) is 36.4 Å². The number of nitrogens with zero attached hydrogens (tertiary/aromatic N) is 2. The van der Waals surface area contributed by atoms with Crippen molar-refractivity contribution in [3.8, 4) is 0 Å². The number of carbonyl (C=O) groups is 6. The van der Waals surface area contributed by atoms with Gasteiger partial charge in [-0.3, -0.25) is 23.4 Å². The molecule has 14 nitrogen and oxygen atoms in total. The highest BCUT2D eigenvalue weighted by molar-refractivity contribution is 7.84. The molecule has 3 N–H and O–H groups in total. The molecule has 1 aliphatic heterocycles. The van der Waals surface area contributed by atoms with Gasteiger partial charge >= 0.3 is 12.2 Å². The number of hydrogen-bond acceptors (Lipinski definition) is 9. The maximum Gasteiger partial charge on any atom is 0.432 e. The molecule has 0 fully saturated rings. The number of imide groups is 1. The Kier molecular flexibility index (Phi) is 16.1. The molecule has 1 atom stereocenters. The van der Waals surface area contributed by atoms with Crippen LogP contribution in [0, 0.1) is 5.92 Å². The van der Waals surface area contributed by atoms with E-state index in [1.807, 2.05) is 19.2 Å². The third-order valence-corrected chi connectivity index (χ3v) is 5.63. The molecule has 1 unspecified atom stereocenters. The second kappa shape index (κ2) is 19.0. The highest BCUT2D eigenvalue weighted by Gasteiger charge is 2.28. The minimum absolute atomic E-state index is 0.0129. The number of benzene rings is 1. The van der Waals surface area contributed by atoms with Crippen LogP contribution in [-0.4, -0.2) is 88.2 Å². The lowest BCUT2D eigenvalue weighted by molar-refractivity contribution is -0.169. The fraction of sp³-hybridized carbons (Fsp3) is 0.481. The van der Waals surface area contributed by atoms with Crippen LogP contribution in [0.1, 0.15) is 39.7 Å². The van der Waals surface area contributed by atoms with Gasteiger partial charge in [-0.05, 0) is 23.6 Å². The Morgan fingerprint density at radius 3 is 2.07 bits per heavy atom. The van der Waals surface area contributed by atoms with Crippen molar-refractivity contribution >= 4 is 52.3 Å². The summed E-state index contributed by atoms with van der Waals surface area (Å²) in [5.41, 5.74) is 1.12. The van der Waals surface area contributed by atoms with Gasteiger partial charge < -0.3 is 30.4 Å². The van der Waals surface area contributed by atoms with Gasteiger partial charge in [0.05, 0.1) is 6.54 Å². The number of carbonyl (C=O) groups excluding carboxylic acids is 6. The van der Waals surface area contributed by atoms with Crippen LogP contribution in [-0.2, 0) is 46.2 Å². The zero-order valence-electron chi connectivity index (χ0n) is 24.5. The van der Waals surface area contributed by atoms with Crippen molar-refractivity contribution in [2.45, 2.75) is 40.7 Å².